The fourth-order valence-corrected chi connectivity index (χ4v) is 3.45. The average molecular weight is 380 g/mol. The molecule has 0 aliphatic rings. The highest BCUT2D eigenvalue weighted by Gasteiger charge is 2.14. The summed E-state index contributed by atoms with van der Waals surface area (Å²) in [5, 5.41) is 6.10. The van der Waals surface area contributed by atoms with Crippen molar-refractivity contribution in [1.82, 2.24) is 15.0 Å². The number of carbonyl (C=O) groups is 1. The second kappa shape index (κ2) is 7.08. The van der Waals surface area contributed by atoms with E-state index in [0.717, 1.165) is 22.2 Å². The summed E-state index contributed by atoms with van der Waals surface area (Å²) in [6.07, 6.45) is 3.42. The average Bonchev–Trinajstić information content (AvgIpc) is 3.34. The molecule has 1 amide bonds. The Kier molecular flexibility index (Phi) is 4.47. The number of benzene rings is 1. The number of nitrogens with one attached hydrogen (secondary N) is 2. The van der Waals surface area contributed by atoms with Crippen molar-refractivity contribution in [3.05, 3.63) is 53.8 Å². The number of fused-ring (bicyclic) bond motifs is 1. The van der Waals surface area contributed by atoms with Crippen LogP contribution >= 0.6 is 11.3 Å². The molecule has 0 atom stereocenters. The Morgan fingerprint density at radius 1 is 1.11 bits per heavy atom. The Labute approximate surface area is 159 Å². The summed E-state index contributed by atoms with van der Waals surface area (Å²) in [7, 11) is 3.15. The van der Waals surface area contributed by atoms with Crippen LogP contribution in [0.5, 0.6) is 11.5 Å². The molecule has 0 aliphatic carbocycles. The van der Waals surface area contributed by atoms with E-state index in [9.17, 15) is 4.79 Å². The molecule has 7 nitrogen and oxygen atoms in total. The first-order chi connectivity index (χ1) is 13.2. The number of nitrogens with zero attached hydrogens (tertiary/aromatic N) is 2. The standard InChI is InChI=1S/C19H16N4O3S/c1-25-16-8-12-7-14(21-13(12)9-17(16)26-2)18(24)23-19-22-15(10-27-19)11-3-5-20-6-4-11/h3-10,21H,1-2H3,(H,22,23,24). The maximum atomic E-state index is 12.6. The molecule has 0 fully saturated rings. The van der Waals surface area contributed by atoms with Gasteiger partial charge in [-0.3, -0.25) is 15.1 Å². The van der Waals surface area contributed by atoms with Crippen LogP contribution in [0.1, 0.15) is 10.5 Å². The lowest BCUT2D eigenvalue weighted by Gasteiger charge is -2.06. The van der Waals surface area contributed by atoms with Crippen LogP contribution in [-0.4, -0.2) is 35.1 Å². The number of hydrogen-bond donors (Lipinski definition) is 2. The number of ether oxygens (including phenoxy) is 2. The number of amides is 1. The quantitative estimate of drug-likeness (QED) is 0.547. The summed E-state index contributed by atoms with van der Waals surface area (Å²) in [4.78, 5) is 24.1. The third-order valence-electron chi connectivity index (χ3n) is 4.07. The van der Waals surface area contributed by atoms with E-state index in [-0.39, 0.29) is 5.91 Å². The van der Waals surface area contributed by atoms with E-state index in [1.807, 2.05) is 23.6 Å². The number of aromatic amines is 1. The Morgan fingerprint density at radius 3 is 2.59 bits per heavy atom. The SMILES string of the molecule is COc1cc2cc(C(=O)Nc3nc(-c4ccncc4)cs3)[nH]c2cc1OC. The van der Waals surface area contributed by atoms with E-state index >= 15 is 0 Å². The van der Waals surface area contributed by atoms with Crippen molar-refractivity contribution in [2.75, 3.05) is 19.5 Å². The van der Waals surface area contributed by atoms with Crippen LogP contribution in [0, 0.1) is 0 Å². The first-order valence-corrected chi connectivity index (χ1v) is 8.98. The number of aromatic nitrogens is 3. The Bertz CT molecular complexity index is 1060. The number of hydrogen-bond acceptors (Lipinski definition) is 6. The number of pyridine rings is 1. The van der Waals surface area contributed by atoms with Crippen molar-refractivity contribution in [2.45, 2.75) is 0 Å². The zero-order valence-corrected chi connectivity index (χ0v) is 15.5. The van der Waals surface area contributed by atoms with Crippen molar-refractivity contribution < 1.29 is 14.3 Å². The van der Waals surface area contributed by atoms with Crippen LogP contribution in [0.15, 0.2) is 48.1 Å². The van der Waals surface area contributed by atoms with Crippen molar-refractivity contribution >= 4 is 33.3 Å². The number of rotatable bonds is 5. The molecular weight excluding hydrogens is 364 g/mol. The molecule has 3 heterocycles. The Balaban J connectivity index is 1.57. The second-order valence-electron chi connectivity index (χ2n) is 5.71. The highest BCUT2D eigenvalue weighted by atomic mass is 32.1. The minimum Gasteiger partial charge on any atom is -0.493 e. The van der Waals surface area contributed by atoms with E-state index < -0.39 is 0 Å². The molecule has 2 N–H and O–H groups in total. The maximum Gasteiger partial charge on any atom is 0.273 e. The number of methoxy groups -OCH3 is 2. The normalized spacial score (nSPS) is 10.7. The molecule has 1 aromatic carbocycles. The van der Waals surface area contributed by atoms with E-state index in [0.29, 0.717) is 22.3 Å². The zero-order valence-electron chi connectivity index (χ0n) is 14.6. The predicted octanol–water partition coefficient (Wildman–Crippen LogP) is 3.96. The number of H-pyrrole nitrogens is 1. The van der Waals surface area contributed by atoms with E-state index in [2.05, 4.69) is 20.3 Å². The first kappa shape index (κ1) is 17.0. The highest BCUT2D eigenvalue weighted by Crippen LogP contribution is 2.32. The molecule has 27 heavy (non-hydrogen) atoms. The summed E-state index contributed by atoms with van der Waals surface area (Å²) in [5.41, 5.74) is 2.96. The van der Waals surface area contributed by atoms with Crippen LogP contribution in [0.4, 0.5) is 5.13 Å². The Hall–Kier alpha value is -3.39. The summed E-state index contributed by atoms with van der Waals surface area (Å²) >= 11 is 1.37. The minimum absolute atomic E-state index is 0.264. The first-order valence-electron chi connectivity index (χ1n) is 8.10. The van der Waals surface area contributed by atoms with Gasteiger partial charge >= 0.3 is 0 Å². The fraction of sp³-hybridized carbons (Fsp3) is 0.105. The molecule has 0 spiro atoms. The molecule has 0 saturated heterocycles. The van der Waals surface area contributed by atoms with Crippen molar-refractivity contribution in [3.63, 3.8) is 0 Å². The van der Waals surface area contributed by atoms with Crippen molar-refractivity contribution in [1.29, 1.82) is 0 Å². The van der Waals surface area contributed by atoms with Gasteiger partial charge in [-0.25, -0.2) is 4.98 Å². The topological polar surface area (TPSA) is 89.1 Å². The minimum atomic E-state index is -0.264. The highest BCUT2D eigenvalue weighted by molar-refractivity contribution is 7.14. The molecule has 136 valence electrons. The molecule has 0 bridgehead atoms. The lowest BCUT2D eigenvalue weighted by atomic mass is 10.2. The summed E-state index contributed by atoms with van der Waals surface area (Å²) in [6, 6.07) is 9.14. The molecule has 0 saturated carbocycles. The van der Waals surface area contributed by atoms with Gasteiger partial charge in [-0.05, 0) is 24.3 Å². The number of anilines is 1. The summed E-state index contributed by atoms with van der Waals surface area (Å²) in [6.45, 7) is 0. The molecule has 0 radical (unpaired) electrons. The predicted molar refractivity (Wildman–Crippen MR) is 105 cm³/mol. The van der Waals surface area contributed by atoms with Gasteiger partial charge in [0, 0.05) is 40.3 Å². The van der Waals surface area contributed by atoms with Crippen molar-refractivity contribution in [2.24, 2.45) is 0 Å². The largest absolute Gasteiger partial charge is 0.493 e. The lowest BCUT2D eigenvalue weighted by Crippen LogP contribution is -2.11. The van der Waals surface area contributed by atoms with Crippen LogP contribution < -0.4 is 14.8 Å². The van der Waals surface area contributed by atoms with E-state index in [4.69, 9.17) is 9.47 Å². The fourth-order valence-electron chi connectivity index (χ4n) is 2.73. The van der Waals surface area contributed by atoms with Crippen LogP contribution in [-0.2, 0) is 0 Å². The van der Waals surface area contributed by atoms with Crippen LogP contribution in [0.25, 0.3) is 22.2 Å². The molecule has 3 aromatic heterocycles. The molecule has 8 heteroatoms. The molecule has 0 unspecified atom stereocenters. The van der Waals surface area contributed by atoms with Gasteiger partial charge in [0.25, 0.3) is 5.91 Å². The van der Waals surface area contributed by atoms with Crippen molar-refractivity contribution in [3.8, 4) is 22.8 Å². The summed E-state index contributed by atoms with van der Waals surface area (Å²) in [5.74, 6) is 0.943. The van der Waals surface area contributed by atoms with Gasteiger partial charge in [-0.2, -0.15) is 0 Å². The van der Waals surface area contributed by atoms with Gasteiger partial charge in [0.15, 0.2) is 16.6 Å². The van der Waals surface area contributed by atoms with Gasteiger partial charge in [0.05, 0.1) is 19.9 Å². The van der Waals surface area contributed by atoms with Gasteiger partial charge in [-0.15, -0.1) is 11.3 Å². The third-order valence-corrected chi connectivity index (χ3v) is 4.83. The Morgan fingerprint density at radius 2 is 1.85 bits per heavy atom. The molecule has 4 aromatic rings. The van der Waals surface area contributed by atoms with Gasteiger partial charge < -0.3 is 14.5 Å². The zero-order chi connectivity index (χ0) is 18.8. The smallest absolute Gasteiger partial charge is 0.273 e. The molecule has 0 aliphatic heterocycles. The number of thiazole rings is 1. The van der Waals surface area contributed by atoms with E-state index in [1.54, 1.807) is 38.7 Å². The molecular formula is C19H16N4O3S. The van der Waals surface area contributed by atoms with Crippen LogP contribution in [0.3, 0.4) is 0 Å². The van der Waals surface area contributed by atoms with E-state index in [1.165, 1.54) is 11.3 Å². The maximum absolute atomic E-state index is 12.6. The summed E-state index contributed by atoms with van der Waals surface area (Å²) < 4.78 is 10.6. The second-order valence-corrected chi connectivity index (χ2v) is 6.56. The molecule has 4 rings (SSSR count). The number of carbonyl (C=O) groups excluding carboxylic acids is 1. The van der Waals surface area contributed by atoms with Crippen LogP contribution in [0.2, 0.25) is 0 Å². The van der Waals surface area contributed by atoms with Gasteiger partial charge in [0.2, 0.25) is 0 Å². The lowest BCUT2D eigenvalue weighted by molar-refractivity contribution is 0.102. The third kappa shape index (κ3) is 3.34. The van der Waals surface area contributed by atoms with Gasteiger partial charge in [-0.1, -0.05) is 0 Å². The monoisotopic (exact) mass is 380 g/mol. The van der Waals surface area contributed by atoms with Gasteiger partial charge in [0.1, 0.15) is 5.69 Å².